The number of methoxy groups -OCH3 is 2. The van der Waals surface area contributed by atoms with Crippen molar-refractivity contribution in [2.75, 3.05) is 20.8 Å². The first-order valence-corrected chi connectivity index (χ1v) is 11.6. The van der Waals surface area contributed by atoms with Crippen molar-refractivity contribution in [2.45, 2.75) is 17.4 Å². The summed E-state index contributed by atoms with van der Waals surface area (Å²) in [5, 5.41) is 11.4. The van der Waals surface area contributed by atoms with E-state index in [1.165, 1.54) is 27.8 Å². The molecule has 1 aliphatic rings. The quantitative estimate of drug-likeness (QED) is 0.600. The van der Waals surface area contributed by atoms with Crippen molar-refractivity contribution in [1.29, 1.82) is 5.26 Å². The maximum Gasteiger partial charge on any atom is 0.245 e. The van der Waals surface area contributed by atoms with Crippen LogP contribution in [0.2, 0.25) is 0 Å². The third-order valence-corrected chi connectivity index (χ3v) is 8.08. The minimum Gasteiger partial charge on any atom is -0.493 e. The third-order valence-electron chi connectivity index (χ3n) is 5.24. The fourth-order valence-corrected chi connectivity index (χ4v) is 6.49. The van der Waals surface area contributed by atoms with Crippen LogP contribution in [0, 0.1) is 11.3 Å². The van der Waals surface area contributed by atoms with Gasteiger partial charge >= 0.3 is 0 Å². The molecule has 1 atom stereocenters. The van der Waals surface area contributed by atoms with E-state index in [1.807, 2.05) is 35.7 Å². The van der Waals surface area contributed by atoms with Gasteiger partial charge in [0.1, 0.15) is 6.07 Å². The summed E-state index contributed by atoms with van der Waals surface area (Å²) in [5.41, 5.74) is 2.02. The normalized spacial score (nSPS) is 16.5. The Balaban J connectivity index is 1.91. The average Bonchev–Trinajstić information content (AvgIpc) is 3.31. The predicted molar refractivity (Wildman–Crippen MR) is 114 cm³/mol. The van der Waals surface area contributed by atoms with Crippen molar-refractivity contribution < 1.29 is 17.9 Å². The van der Waals surface area contributed by atoms with E-state index in [1.54, 1.807) is 26.4 Å². The van der Waals surface area contributed by atoms with Crippen molar-refractivity contribution >= 4 is 21.4 Å². The van der Waals surface area contributed by atoms with Gasteiger partial charge in [0.2, 0.25) is 10.0 Å². The molecule has 0 radical (unpaired) electrons. The molecule has 8 heteroatoms. The lowest BCUT2D eigenvalue weighted by molar-refractivity contribution is 0.334. The van der Waals surface area contributed by atoms with E-state index in [2.05, 4.69) is 0 Å². The molecule has 4 rings (SSSR count). The van der Waals surface area contributed by atoms with Crippen LogP contribution in [0.5, 0.6) is 11.5 Å². The number of nitriles is 1. The lowest BCUT2D eigenvalue weighted by atomic mass is 9.92. The Kier molecular flexibility index (Phi) is 5.52. The van der Waals surface area contributed by atoms with Crippen LogP contribution in [0.25, 0.3) is 0 Å². The van der Waals surface area contributed by atoms with Crippen molar-refractivity contribution in [2.24, 2.45) is 0 Å². The molecule has 0 aliphatic carbocycles. The number of benzene rings is 2. The topological polar surface area (TPSA) is 79.6 Å². The summed E-state index contributed by atoms with van der Waals surface area (Å²) in [4.78, 5) is 0.930. The Labute approximate surface area is 180 Å². The maximum absolute atomic E-state index is 13.7. The molecule has 0 bridgehead atoms. The summed E-state index contributed by atoms with van der Waals surface area (Å²) in [6, 6.07) is 15.4. The van der Waals surface area contributed by atoms with Crippen LogP contribution < -0.4 is 9.47 Å². The van der Waals surface area contributed by atoms with Crippen LogP contribution in [0.4, 0.5) is 0 Å². The lowest BCUT2D eigenvalue weighted by Crippen LogP contribution is -2.40. The second-order valence-electron chi connectivity index (χ2n) is 6.80. The SMILES string of the molecule is COc1cc2c(cc1OC)[C@H](c1cccs1)N(S(=O)(=O)c1ccccc1C#N)CC2. The molecule has 0 spiro atoms. The highest BCUT2D eigenvalue weighted by molar-refractivity contribution is 7.89. The molecule has 3 aromatic rings. The Hall–Kier alpha value is -2.86. The average molecular weight is 441 g/mol. The molecule has 2 aromatic carbocycles. The summed E-state index contributed by atoms with van der Waals surface area (Å²) >= 11 is 1.50. The van der Waals surface area contributed by atoms with E-state index in [-0.39, 0.29) is 10.5 Å². The van der Waals surface area contributed by atoms with E-state index >= 15 is 0 Å². The molecule has 2 heterocycles. The van der Waals surface area contributed by atoms with Gasteiger partial charge in [-0.2, -0.15) is 9.57 Å². The molecule has 154 valence electrons. The largest absolute Gasteiger partial charge is 0.493 e. The van der Waals surface area contributed by atoms with Crippen LogP contribution >= 0.6 is 11.3 Å². The van der Waals surface area contributed by atoms with E-state index in [4.69, 9.17) is 9.47 Å². The highest BCUT2D eigenvalue weighted by Gasteiger charge is 2.39. The molecule has 0 N–H and O–H groups in total. The third kappa shape index (κ3) is 3.35. The van der Waals surface area contributed by atoms with E-state index < -0.39 is 16.1 Å². The summed E-state index contributed by atoms with van der Waals surface area (Å²) in [5.74, 6) is 1.17. The number of hydrogen-bond donors (Lipinski definition) is 0. The molecule has 30 heavy (non-hydrogen) atoms. The van der Waals surface area contributed by atoms with Crippen LogP contribution in [0.3, 0.4) is 0 Å². The summed E-state index contributed by atoms with van der Waals surface area (Å²) < 4.78 is 39.8. The number of sulfonamides is 1. The van der Waals surface area contributed by atoms with Gasteiger partial charge in [-0.15, -0.1) is 11.3 Å². The van der Waals surface area contributed by atoms with Gasteiger partial charge in [0.25, 0.3) is 0 Å². The standard InChI is InChI=1S/C22H20N2O4S2/c1-27-18-12-15-9-10-24(30(25,26)21-8-4-3-6-16(21)14-23)22(20-7-5-11-29-20)17(15)13-19(18)28-2/h3-8,11-13,22H,9-10H2,1-2H3/t22-/m1/s1. The predicted octanol–water partition coefficient (Wildman–Crippen LogP) is 3.97. The molecular formula is C22H20N2O4S2. The van der Waals surface area contributed by atoms with Gasteiger partial charge in [0.15, 0.2) is 11.5 Å². The Morgan fingerprint density at radius 2 is 1.83 bits per heavy atom. The van der Waals surface area contributed by atoms with Crippen molar-refractivity contribution in [3.05, 3.63) is 75.5 Å². The Bertz CT molecular complexity index is 1210. The highest BCUT2D eigenvalue weighted by Crippen LogP contribution is 2.44. The number of hydrogen-bond acceptors (Lipinski definition) is 6. The molecule has 0 saturated carbocycles. The number of rotatable bonds is 5. The van der Waals surface area contributed by atoms with Gasteiger partial charge in [0.05, 0.1) is 30.7 Å². The molecule has 0 fully saturated rings. The first-order chi connectivity index (χ1) is 14.5. The summed E-state index contributed by atoms with van der Waals surface area (Å²) in [6.45, 7) is 0.299. The van der Waals surface area contributed by atoms with Crippen molar-refractivity contribution in [1.82, 2.24) is 4.31 Å². The zero-order valence-corrected chi connectivity index (χ0v) is 18.2. The first kappa shape index (κ1) is 20.4. The van der Waals surface area contributed by atoms with Gasteiger partial charge in [-0.3, -0.25) is 0 Å². The number of thiophene rings is 1. The Morgan fingerprint density at radius 3 is 2.50 bits per heavy atom. The highest BCUT2D eigenvalue weighted by atomic mass is 32.2. The molecule has 0 unspecified atom stereocenters. The molecule has 0 saturated heterocycles. The summed E-state index contributed by atoms with van der Waals surface area (Å²) in [6.07, 6.45) is 0.533. The number of ether oxygens (including phenoxy) is 2. The second kappa shape index (κ2) is 8.11. The minimum atomic E-state index is -3.91. The van der Waals surface area contributed by atoms with Gasteiger partial charge in [-0.25, -0.2) is 8.42 Å². The van der Waals surface area contributed by atoms with Gasteiger partial charge in [-0.05, 0) is 53.3 Å². The fraction of sp³-hybridized carbons (Fsp3) is 0.227. The fourth-order valence-electron chi connectivity index (χ4n) is 3.83. The minimum absolute atomic E-state index is 0.0259. The molecule has 1 aromatic heterocycles. The van der Waals surface area contributed by atoms with Crippen LogP contribution in [0.15, 0.2) is 58.8 Å². The molecular weight excluding hydrogens is 420 g/mol. The van der Waals surface area contributed by atoms with Gasteiger partial charge < -0.3 is 9.47 Å². The zero-order chi connectivity index (χ0) is 21.3. The molecule has 0 amide bonds. The van der Waals surface area contributed by atoms with Crippen LogP contribution in [0.1, 0.15) is 27.6 Å². The number of nitrogens with zero attached hydrogens (tertiary/aromatic N) is 2. The second-order valence-corrected chi connectivity index (χ2v) is 9.64. The molecule has 6 nitrogen and oxygen atoms in total. The smallest absolute Gasteiger partial charge is 0.245 e. The zero-order valence-electron chi connectivity index (χ0n) is 16.5. The first-order valence-electron chi connectivity index (χ1n) is 9.30. The lowest BCUT2D eigenvalue weighted by Gasteiger charge is -2.36. The van der Waals surface area contributed by atoms with Crippen LogP contribution in [-0.2, 0) is 16.4 Å². The van der Waals surface area contributed by atoms with Gasteiger partial charge in [-0.1, -0.05) is 18.2 Å². The van der Waals surface area contributed by atoms with E-state index in [9.17, 15) is 13.7 Å². The Morgan fingerprint density at radius 1 is 1.10 bits per heavy atom. The maximum atomic E-state index is 13.7. The monoisotopic (exact) mass is 440 g/mol. The number of fused-ring (bicyclic) bond motifs is 1. The van der Waals surface area contributed by atoms with Crippen LogP contribution in [-0.4, -0.2) is 33.5 Å². The van der Waals surface area contributed by atoms with Crippen molar-refractivity contribution in [3.63, 3.8) is 0 Å². The van der Waals surface area contributed by atoms with Gasteiger partial charge in [0, 0.05) is 11.4 Å². The van der Waals surface area contributed by atoms with E-state index in [0.717, 1.165) is 16.0 Å². The van der Waals surface area contributed by atoms with E-state index in [0.29, 0.717) is 24.5 Å². The summed E-state index contributed by atoms with van der Waals surface area (Å²) in [7, 11) is -0.769. The van der Waals surface area contributed by atoms with Crippen molar-refractivity contribution in [3.8, 4) is 17.6 Å². The molecule has 1 aliphatic heterocycles.